The molecule has 0 fully saturated rings. The molecular formula is C12H18N6O2. The maximum absolute atomic E-state index is 10.9. The second-order valence-electron chi connectivity index (χ2n) is 4.62. The molecule has 0 bridgehead atoms. The number of carboxylic acids is 1. The molecule has 0 aromatic carbocycles. The van der Waals surface area contributed by atoms with Crippen LogP contribution in [0.5, 0.6) is 0 Å². The van der Waals surface area contributed by atoms with Gasteiger partial charge in [-0.2, -0.15) is 5.10 Å². The molecule has 0 radical (unpaired) electrons. The molecule has 1 unspecified atom stereocenters. The summed E-state index contributed by atoms with van der Waals surface area (Å²) in [5.41, 5.74) is 1.75. The van der Waals surface area contributed by atoms with Crippen molar-refractivity contribution in [3.05, 3.63) is 11.9 Å². The first-order valence-corrected chi connectivity index (χ1v) is 6.59. The third-order valence-electron chi connectivity index (χ3n) is 3.20. The van der Waals surface area contributed by atoms with Crippen LogP contribution in [0.15, 0.2) is 6.20 Å². The van der Waals surface area contributed by atoms with Crippen LogP contribution in [0.2, 0.25) is 0 Å². The molecule has 8 heteroatoms. The largest absolute Gasteiger partial charge is 0.481 e. The van der Waals surface area contributed by atoms with Crippen LogP contribution in [0.1, 0.15) is 38.4 Å². The Morgan fingerprint density at radius 1 is 1.45 bits per heavy atom. The number of hydrogen-bond donors (Lipinski definition) is 1. The molecule has 108 valence electrons. The van der Waals surface area contributed by atoms with Gasteiger partial charge in [0.05, 0.1) is 23.7 Å². The predicted octanol–water partition coefficient (Wildman–Crippen LogP) is 1.06. The number of rotatable bonds is 6. The minimum atomic E-state index is -0.861. The van der Waals surface area contributed by atoms with Crippen LogP contribution in [0, 0.1) is 0 Å². The fourth-order valence-electron chi connectivity index (χ4n) is 2.20. The molecule has 2 aromatic heterocycles. The zero-order valence-corrected chi connectivity index (χ0v) is 11.8. The third-order valence-corrected chi connectivity index (χ3v) is 3.20. The minimum Gasteiger partial charge on any atom is -0.481 e. The summed E-state index contributed by atoms with van der Waals surface area (Å²) < 4.78 is 3.30. The Bertz CT molecular complexity index is 603. The van der Waals surface area contributed by atoms with Crippen LogP contribution in [-0.2, 0) is 18.3 Å². The first-order chi connectivity index (χ1) is 9.56. The number of nitrogens with zero attached hydrogens (tertiary/aromatic N) is 6. The molecule has 0 aliphatic carbocycles. The molecule has 0 spiro atoms. The van der Waals surface area contributed by atoms with Crippen molar-refractivity contribution >= 4 is 5.97 Å². The highest BCUT2D eigenvalue weighted by Gasteiger charge is 2.22. The van der Waals surface area contributed by atoms with Crippen LogP contribution in [-0.4, -0.2) is 41.1 Å². The van der Waals surface area contributed by atoms with Crippen LogP contribution >= 0.6 is 0 Å². The van der Waals surface area contributed by atoms with Crippen LogP contribution in [0.25, 0.3) is 11.4 Å². The Hall–Kier alpha value is -2.25. The molecule has 0 aliphatic heterocycles. The molecule has 1 N–H and O–H groups in total. The SMILES string of the molecule is CCc1nn(C)cc1-c1nnnn1C(CC)CC(=O)O. The van der Waals surface area contributed by atoms with Crippen molar-refractivity contribution in [3.63, 3.8) is 0 Å². The monoisotopic (exact) mass is 278 g/mol. The lowest BCUT2D eigenvalue weighted by atomic mass is 10.1. The second kappa shape index (κ2) is 5.81. The average Bonchev–Trinajstić information content (AvgIpc) is 3.01. The van der Waals surface area contributed by atoms with Crippen molar-refractivity contribution in [2.24, 2.45) is 7.05 Å². The highest BCUT2D eigenvalue weighted by molar-refractivity contribution is 5.67. The molecule has 0 aliphatic rings. The first kappa shape index (κ1) is 14.2. The Kier molecular flexibility index (Phi) is 4.11. The Labute approximate surface area is 116 Å². The van der Waals surface area contributed by atoms with E-state index in [1.165, 1.54) is 0 Å². The Morgan fingerprint density at radius 3 is 2.80 bits per heavy atom. The fraction of sp³-hybridized carbons (Fsp3) is 0.583. The van der Waals surface area contributed by atoms with Gasteiger partial charge in [0, 0.05) is 13.2 Å². The summed E-state index contributed by atoms with van der Waals surface area (Å²) in [6.07, 6.45) is 3.26. The molecule has 2 rings (SSSR count). The lowest BCUT2D eigenvalue weighted by Crippen LogP contribution is -2.15. The molecule has 0 saturated heterocycles. The summed E-state index contributed by atoms with van der Waals surface area (Å²) in [6, 6.07) is -0.262. The molecule has 8 nitrogen and oxygen atoms in total. The van der Waals surface area contributed by atoms with E-state index in [4.69, 9.17) is 5.11 Å². The maximum Gasteiger partial charge on any atom is 0.305 e. The smallest absolute Gasteiger partial charge is 0.305 e. The van der Waals surface area contributed by atoms with Gasteiger partial charge in [0.15, 0.2) is 5.82 Å². The van der Waals surface area contributed by atoms with Crippen molar-refractivity contribution in [1.82, 2.24) is 30.0 Å². The summed E-state index contributed by atoms with van der Waals surface area (Å²) in [5.74, 6) is -0.289. The number of aliphatic carboxylic acids is 1. The van der Waals surface area contributed by atoms with Gasteiger partial charge in [0.25, 0.3) is 0 Å². The average molecular weight is 278 g/mol. The first-order valence-electron chi connectivity index (χ1n) is 6.59. The van der Waals surface area contributed by atoms with Gasteiger partial charge in [-0.25, -0.2) is 4.68 Å². The number of hydrogen-bond acceptors (Lipinski definition) is 5. The van der Waals surface area contributed by atoms with Crippen molar-refractivity contribution in [2.45, 2.75) is 39.2 Å². The number of carbonyl (C=O) groups is 1. The molecule has 2 aromatic rings. The summed E-state index contributed by atoms with van der Waals surface area (Å²) in [5, 5.41) is 25.0. The summed E-state index contributed by atoms with van der Waals surface area (Å²) in [4.78, 5) is 10.9. The van der Waals surface area contributed by atoms with E-state index >= 15 is 0 Å². The van der Waals surface area contributed by atoms with Crippen molar-refractivity contribution in [3.8, 4) is 11.4 Å². The molecule has 0 saturated carbocycles. The number of aryl methyl sites for hydroxylation is 2. The third kappa shape index (κ3) is 2.68. The van der Waals surface area contributed by atoms with Crippen LogP contribution < -0.4 is 0 Å². The van der Waals surface area contributed by atoms with Crippen LogP contribution in [0.3, 0.4) is 0 Å². The van der Waals surface area contributed by atoms with E-state index in [2.05, 4.69) is 20.6 Å². The zero-order chi connectivity index (χ0) is 14.7. The van der Waals surface area contributed by atoms with Gasteiger partial charge >= 0.3 is 5.97 Å². The summed E-state index contributed by atoms with van der Waals surface area (Å²) in [7, 11) is 1.84. The van der Waals surface area contributed by atoms with Gasteiger partial charge < -0.3 is 5.11 Å². The zero-order valence-electron chi connectivity index (χ0n) is 11.8. The minimum absolute atomic E-state index is 0.00371. The Balaban J connectivity index is 2.43. The predicted molar refractivity (Wildman–Crippen MR) is 71.0 cm³/mol. The van der Waals surface area contributed by atoms with Gasteiger partial charge in [-0.15, -0.1) is 5.10 Å². The van der Waals surface area contributed by atoms with Crippen molar-refractivity contribution < 1.29 is 9.90 Å². The van der Waals surface area contributed by atoms with E-state index in [0.29, 0.717) is 12.2 Å². The lowest BCUT2D eigenvalue weighted by molar-refractivity contribution is -0.138. The van der Waals surface area contributed by atoms with E-state index in [0.717, 1.165) is 17.7 Å². The highest BCUT2D eigenvalue weighted by atomic mass is 16.4. The second-order valence-corrected chi connectivity index (χ2v) is 4.62. The quantitative estimate of drug-likeness (QED) is 0.848. The molecular weight excluding hydrogens is 260 g/mol. The highest BCUT2D eigenvalue weighted by Crippen LogP contribution is 2.25. The van der Waals surface area contributed by atoms with E-state index in [-0.39, 0.29) is 12.5 Å². The maximum atomic E-state index is 10.9. The number of aromatic nitrogens is 6. The molecule has 2 heterocycles. The molecule has 0 amide bonds. The van der Waals surface area contributed by atoms with Gasteiger partial charge in [-0.3, -0.25) is 9.48 Å². The standard InChI is InChI=1S/C12H18N6O2/c1-4-8(6-11(19)20)18-12(13-15-16-18)9-7-17(3)14-10(9)5-2/h7-8H,4-6H2,1-3H3,(H,19,20). The fourth-order valence-corrected chi connectivity index (χ4v) is 2.20. The lowest BCUT2D eigenvalue weighted by Gasteiger charge is -2.13. The van der Waals surface area contributed by atoms with Crippen molar-refractivity contribution in [2.75, 3.05) is 0 Å². The van der Waals surface area contributed by atoms with Gasteiger partial charge in [-0.1, -0.05) is 13.8 Å². The number of carboxylic acid groups (broad SMARTS) is 1. The van der Waals surface area contributed by atoms with Gasteiger partial charge in [0.1, 0.15) is 0 Å². The van der Waals surface area contributed by atoms with Gasteiger partial charge in [0.2, 0.25) is 0 Å². The van der Waals surface area contributed by atoms with Crippen molar-refractivity contribution in [1.29, 1.82) is 0 Å². The van der Waals surface area contributed by atoms with E-state index in [9.17, 15) is 4.79 Å². The normalized spacial score (nSPS) is 12.6. The topological polar surface area (TPSA) is 98.7 Å². The van der Waals surface area contributed by atoms with Crippen LogP contribution in [0.4, 0.5) is 0 Å². The number of tetrazole rings is 1. The summed E-state index contributed by atoms with van der Waals surface area (Å²) >= 11 is 0. The van der Waals surface area contributed by atoms with E-state index in [1.807, 2.05) is 27.1 Å². The van der Waals surface area contributed by atoms with E-state index in [1.54, 1.807) is 9.36 Å². The Morgan fingerprint density at radius 2 is 2.20 bits per heavy atom. The summed E-state index contributed by atoms with van der Waals surface area (Å²) in [6.45, 7) is 3.93. The van der Waals surface area contributed by atoms with Gasteiger partial charge in [-0.05, 0) is 23.3 Å². The molecule has 1 atom stereocenters. The van der Waals surface area contributed by atoms with E-state index < -0.39 is 5.97 Å². The molecule has 20 heavy (non-hydrogen) atoms.